The highest BCUT2D eigenvalue weighted by Gasteiger charge is 2.36. The number of cyclic esters (lactones) is 1. The maximum Gasteiger partial charge on any atom is 0.324 e. The number of aromatic nitrogens is 2. The van der Waals surface area contributed by atoms with Crippen LogP contribution in [-0.4, -0.2) is 88.4 Å². The van der Waals surface area contributed by atoms with Gasteiger partial charge in [-0.25, -0.2) is 10.4 Å². The van der Waals surface area contributed by atoms with Crippen molar-refractivity contribution in [3.8, 4) is 28.1 Å². The number of aromatic hydroxyl groups is 1. The first-order chi connectivity index (χ1) is 27.8. The van der Waals surface area contributed by atoms with E-state index in [-0.39, 0.29) is 43.1 Å². The van der Waals surface area contributed by atoms with Gasteiger partial charge in [0, 0.05) is 60.3 Å². The number of hydrazine groups is 1. The number of carbonyl (C=O) groups is 3. The van der Waals surface area contributed by atoms with E-state index < -0.39 is 29.4 Å². The first-order valence-electron chi connectivity index (χ1n) is 20.7. The molecule has 0 aliphatic carbocycles. The SMILES string of the molecule is CCc1ccncc1-c1c2c3cc(ccc3n1CC)-c1cc(O)cc(c1)C[C@H](NC(=O)[C@@H](CNC1=NCCO1)C(C)C)C(=O)N1CCC[C@H](N1)C(=O)OCC(C)(C)C2. The molecule has 308 valence electrons. The van der Waals surface area contributed by atoms with Crippen LogP contribution < -0.4 is 16.1 Å². The number of nitrogens with zero attached hydrogens (tertiary/aromatic N) is 4. The number of phenolic OH excluding ortho intramolecular Hbond substituents is 1. The predicted molar refractivity (Wildman–Crippen MR) is 224 cm³/mol. The number of ether oxygens (including phenoxy) is 2. The van der Waals surface area contributed by atoms with E-state index in [4.69, 9.17) is 9.47 Å². The summed E-state index contributed by atoms with van der Waals surface area (Å²) >= 11 is 0. The van der Waals surface area contributed by atoms with E-state index in [1.165, 1.54) is 10.6 Å². The summed E-state index contributed by atoms with van der Waals surface area (Å²) in [4.78, 5) is 51.1. The molecule has 4 aromatic rings. The Bertz CT molecular complexity index is 2210. The molecule has 4 N–H and O–H groups in total. The maximum absolute atomic E-state index is 14.5. The highest BCUT2D eigenvalue weighted by molar-refractivity contribution is 5.95. The molecule has 3 atom stereocenters. The lowest BCUT2D eigenvalue weighted by Crippen LogP contribution is -2.61. The van der Waals surface area contributed by atoms with Crippen molar-refractivity contribution in [1.29, 1.82) is 0 Å². The lowest BCUT2D eigenvalue weighted by molar-refractivity contribution is -0.155. The molecule has 3 aliphatic heterocycles. The Morgan fingerprint density at radius 3 is 2.66 bits per heavy atom. The fraction of sp³-hybridized carbons (Fsp3) is 0.489. The molecular weight excluding hydrogens is 735 g/mol. The summed E-state index contributed by atoms with van der Waals surface area (Å²) < 4.78 is 13.9. The van der Waals surface area contributed by atoms with E-state index in [2.05, 4.69) is 82.6 Å². The summed E-state index contributed by atoms with van der Waals surface area (Å²) in [7, 11) is 0. The van der Waals surface area contributed by atoms with Crippen molar-refractivity contribution in [1.82, 2.24) is 30.6 Å². The average molecular weight is 792 g/mol. The number of pyridine rings is 1. The molecule has 13 heteroatoms. The molecule has 5 heterocycles. The Morgan fingerprint density at radius 1 is 1.09 bits per heavy atom. The van der Waals surface area contributed by atoms with E-state index in [1.807, 2.05) is 32.3 Å². The van der Waals surface area contributed by atoms with Crippen molar-refractivity contribution < 1.29 is 29.0 Å². The van der Waals surface area contributed by atoms with Crippen molar-refractivity contribution in [3.63, 3.8) is 0 Å². The summed E-state index contributed by atoms with van der Waals surface area (Å²) in [5.74, 6) is -1.62. The number of rotatable bonds is 8. The third-order valence-electron chi connectivity index (χ3n) is 11.6. The van der Waals surface area contributed by atoms with Crippen LogP contribution in [0.1, 0.15) is 71.1 Å². The smallest absolute Gasteiger partial charge is 0.324 e. The van der Waals surface area contributed by atoms with Crippen LogP contribution in [0.2, 0.25) is 0 Å². The number of amides is 2. The summed E-state index contributed by atoms with van der Waals surface area (Å²) in [5.41, 5.74) is 10.6. The van der Waals surface area contributed by atoms with Crippen LogP contribution in [0.25, 0.3) is 33.3 Å². The third kappa shape index (κ3) is 8.69. The number of esters is 1. The number of nitrogens with one attached hydrogen (secondary N) is 3. The van der Waals surface area contributed by atoms with Gasteiger partial charge in [0.15, 0.2) is 0 Å². The second kappa shape index (κ2) is 17.2. The number of hydrogen-bond acceptors (Lipinski definition) is 10. The van der Waals surface area contributed by atoms with Gasteiger partial charge in [0.25, 0.3) is 11.9 Å². The number of fused-ring (bicyclic) bond motifs is 6. The molecule has 1 saturated heterocycles. The number of hydrogen-bond donors (Lipinski definition) is 4. The van der Waals surface area contributed by atoms with Gasteiger partial charge in [0.2, 0.25) is 5.91 Å². The van der Waals surface area contributed by atoms with Crippen LogP contribution >= 0.6 is 0 Å². The first-order valence-corrected chi connectivity index (χ1v) is 20.7. The van der Waals surface area contributed by atoms with Crippen molar-refractivity contribution in [2.24, 2.45) is 22.2 Å². The fourth-order valence-electron chi connectivity index (χ4n) is 8.51. The van der Waals surface area contributed by atoms with Gasteiger partial charge < -0.3 is 29.8 Å². The number of carbonyl (C=O) groups excluding carboxylic acids is 3. The molecule has 0 radical (unpaired) electrons. The molecule has 58 heavy (non-hydrogen) atoms. The molecule has 2 amide bonds. The standard InChI is InChI=1S/C45H57N7O6/c1-7-29-13-14-46-24-36(29)40-34-23-45(5,6)26-58-43(56)37-10-9-16-52(50-37)42(55)38(49-41(54)35(27(3)4)25-48-44-47-15-17-57-44)20-28-18-31(21-32(53)19-28)30-11-12-39(33(34)22-30)51(40)8-2/h11-14,18-19,21-22,24,27,35,37-38,50,53H,7-10,15-17,20,23,25-26H2,1-6H3,(H,47,48)(H,49,54)/t35-,37-,38-/m0/s1. The van der Waals surface area contributed by atoms with Crippen LogP contribution in [0.5, 0.6) is 5.75 Å². The molecule has 1 fully saturated rings. The summed E-state index contributed by atoms with van der Waals surface area (Å²) in [5, 5.41) is 19.9. The Morgan fingerprint density at radius 2 is 1.91 bits per heavy atom. The van der Waals surface area contributed by atoms with Gasteiger partial charge in [-0.3, -0.25) is 24.4 Å². The lowest BCUT2D eigenvalue weighted by Gasteiger charge is -2.36. The van der Waals surface area contributed by atoms with Gasteiger partial charge in [0.1, 0.15) is 24.4 Å². The van der Waals surface area contributed by atoms with E-state index >= 15 is 0 Å². The molecule has 3 aliphatic rings. The average Bonchev–Trinajstić information content (AvgIpc) is 3.84. The van der Waals surface area contributed by atoms with Crippen LogP contribution in [0, 0.1) is 17.3 Å². The van der Waals surface area contributed by atoms with Crippen LogP contribution in [-0.2, 0) is 49.7 Å². The van der Waals surface area contributed by atoms with Crippen LogP contribution in [0.15, 0.2) is 59.9 Å². The normalized spacial score (nSPS) is 20.3. The quantitative estimate of drug-likeness (QED) is 0.168. The minimum Gasteiger partial charge on any atom is -0.508 e. The van der Waals surface area contributed by atoms with Crippen molar-refractivity contribution in [3.05, 3.63) is 71.5 Å². The van der Waals surface area contributed by atoms with Crippen molar-refractivity contribution in [2.75, 3.05) is 32.8 Å². The predicted octanol–water partition coefficient (Wildman–Crippen LogP) is 5.55. The van der Waals surface area contributed by atoms with Crippen molar-refractivity contribution >= 4 is 34.7 Å². The first kappa shape index (κ1) is 40.8. The Balaban J connectivity index is 1.33. The molecule has 2 aromatic heterocycles. The Labute approximate surface area is 340 Å². The van der Waals surface area contributed by atoms with E-state index in [0.29, 0.717) is 50.5 Å². The largest absolute Gasteiger partial charge is 0.508 e. The second-order valence-electron chi connectivity index (χ2n) is 16.9. The minimum absolute atomic E-state index is 0.0520. The monoisotopic (exact) mass is 791 g/mol. The fourth-order valence-corrected chi connectivity index (χ4v) is 8.51. The number of aliphatic imine (C=N–C) groups is 1. The van der Waals surface area contributed by atoms with Gasteiger partial charge in [-0.15, -0.1) is 0 Å². The molecule has 2 aromatic carbocycles. The van der Waals surface area contributed by atoms with Gasteiger partial charge in [-0.05, 0) is 96.7 Å². The zero-order chi connectivity index (χ0) is 41.1. The van der Waals surface area contributed by atoms with E-state index in [1.54, 1.807) is 12.1 Å². The molecule has 0 unspecified atom stereocenters. The van der Waals surface area contributed by atoms with E-state index in [0.717, 1.165) is 51.8 Å². The number of aryl methyl sites for hydroxylation is 2. The lowest BCUT2D eigenvalue weighted by atomic mass is 9.84. The number of benzene rings is 2. The summed E-state index contributed by atoms with van der Waals surface area (Å²) in [6.45, 7) is 15.0. The van der Waals surface area contributed by atoms with Gasteiger partial charge in [-0.2, -0.15) is 0 Å². The zero-order valence-electron chi connectivity index (χ0n) is 34.6. The third-order valence-corrected chi connectivity index (χ3v) is 11.6. The molecule has 13 nitrogen and oxygen atoms in total. The van der Waals surface area contributed by atoms with Gasteiger partial charge in [0.05, 0.1) is 24.8 Å². The maximum atomic E-state index is 14.5. The molecule has 6 bridgehead atoms. The highest BCUT2D eigenvalue weighted by Crippen LogP contribution is 2.41. The zero-order valence-corrected chi connectivity index (χ0v) is 34.6. The van der Waals surface area contributed by atoms with Crippen LogP contribution in [0.4, 0.5) is 0 Å². The topological polar surface area (TPSA) is 159 Å². The summed E-state index contributed by atoms with van der Waals surface area (Å²) in [6.07, 6.45) is 6.42. The minimum atomic E-state index is -1.01. The molecular formula is C45H57N7O6. The van der Waals surface area contributed by atoms with Crippen molar-refractivity contribution in [2.45, 2.75) is 92.3 Å². The molecule has 0 spiro atoms. The number of amidine groups is 1. The van der Waals surface area contributed by atoms with Gasteiger partial charge >= 0.3 is 5.97 Å². The summed E-state index contributed by atoms with van der Waals surface area (Å²) in [6, 6.07) is 12.5. The second-order valence-corrected chi connectivity index (χ2v) is 16.9. The molecule has 7 rings (SSSR count). The Kier molecular flexibility index (Phi) is 12.1. The van der Waals surface area contributed by atoms with Crippen LogP contribution in [0.3, 0.4) is 0 Å². The molecule has 0 saturated carbocycles. The number of phenols is 1. The highest BCUT2D eigenvalue weighted by atomic mass is 16.5. The van der Waals surface area contributed by atoms with E-state index in [9.17, 15) is 19.5 Å². The van der Waals surface area contributed by atoms with Gasteiger partial charge in [-0.1, -0.05) is 46.8 Å². The Hall–Kier alpha value is -5.43.